The van der Waals surface area contributed by atoms with E-state index >= 15 is 0 Å². The molecule has 1 saturated carbocycles. The number of ether oxygens (including phenoxy) is 1. The predicted molar refractivity (Wildman–Crippen MR) is 82.6 cm³/mol. The molecule has 0 amide bonds. The van der Waals surface area contributed by atoms with E-state index in [9.17, 15) is 5.11 Å². The lowest BCUT2D eigenvalue weighted by atomic mass is 9.90. The molecule has 0 heterocycles. The van der Waals surface area contributed by atoms with Gasteiger partial charge in [0.25, 0.3) is 0 Å². The van der Waals surface area contributed by atoms with Crippen molar-refractivity contribution in [3.63, 3.8) is 0 Å². The molecule has 2 heteroatoms. The molecule has 0 aliphatic heterocycles. The Labute approximate surface area is 125 Å². The van der Waals surface area contributed by atoms with Crippen LogP contribution < -0.4 is 4.74 Å². The van der Waals surface area contributed by atoms with Gasteiger partial charge in [0.05, 0.1) is 12.2 Å². The van der Waals surface area contributed by atoms with Gasteiger partial charge in [-0.3, -0.25) is 0 Å². The van der Waals surface area contributed by atoms with Crippen LogP contribution in [0.15, 0.2) is 48.5 Å². The maximum atomic E-state index is 10.7. The van der Waals surface area contributed by atoms with Gasteiger partial charge >= 0.3 is 0 Å². The molecule has 1 fully saturated rings. The van der Waals surface area contributed by atoms with Crippen LogP contribution >= 0.6 is 0 Å². The molecule has 108 valence electrons. The quantitative estimate of drug-likeness (QED) is 0.917. The zero-order valence-corrected chi connectivity index (χ0v) is 12.0. The van der Waals surface area contributed by atoms with Crippen LogP contribution in [0, 0.1) is 0 Å². The number of aliphatic hydroxyl groups excluding tert-OH is 1. The summed E-state index contributed by atoms with van der Waals surface area (Å²) in [6.07, 6.45) is 4.43. The van der Waals surface area contributed by atoms with Gasteiger partial charge in [0.1, 0.15) is 5.75 Å². The molecule has 2 nitrogen and oxygen atoms in total. The summed E-state index contributed by atoms with van der Waals surface area (Å²) in [5.41, 5.74) is 3.68. The highest BCUT2D eigenvalue weighted by molar-refractivity contribution is 5.38. The summed E-state index contributed by atoms with van der Waals surface area (Å²) in [5.74, 6) is 1.14. The Balaban J connectivity index is 1.53. The molecule has 2 aromatic carbocycles. The number of rotatable bonds is 4. The van der Waals surface area contributed by atoms with Crippen molar-refractivity contribution in [1.82, 2.24) is 0 Å². The normalized spacial score (nSPS) is 21.9. The van der Waals surface area contributed by atoms with Crippen molar-refractivity contribution in [3.8, 4) is 5.75 Å². The topological polar surface area (TPSA) is 29.5 Å². The Morgan fingerprint density at radius 3 is 2.48 bits per heavy atom. The molecule has 1 N–H and O–H groups in total. The largest absolute Gasteiger partial charge is 0.490 e. The second kappa shape index (κ2) is 5.19. The fraction of sp³-hybridized carbons (Fsp3) is 0.368. The van der Waals surface area contributed by atoms with E-state index in [1.807, 2.05) is 24.3 Å². The molecule has 2 aromatic rings. The number of hydrogen-bond donors (Lipinski definition) is 1. The first kappa shape index (κ1) is 12.9. The molecule has 0 saturated heterocycles. The van der Waals surface area contributed by atoms with Gasteiger partial charge < -0.3 is 9.84 Å². The summed E-state index contributed by atoms with van der Waals surface area (Å²) in [5, 5.41) is 10.7. The Hall–Kier alpha value is -1.80. The first-order valence-electron chi connectivity index (χ1n) is 7.84. The highest BCUT2D eigenvalue weighted by Crippen LogP contribution is 2.41. The van der Waals surface area contributed by atoms with Gasteiger partial charge in [-0.05, 0) is 54.5 Å². The lowest BCUT2D eigenvalue weighted by molar-refractivity contribution is 0.145. The summed E-state index contributed by atoms with van der Waals surface area (Å²) in [6, 6.07) is 16.4. The molecule has 0 spiro atoms. The molecular formula is C19H20O2. The molecule has 2 aliphatic carbocycles. The standard InChI is InChI=1S/C19H20O2/c20-19(18-12-7-13-3-1-2-4-17(13)18)14-5-8-15(9-6-14)21-16-10-11-16/h1-6,8-9,16,18-20H,7,10-12H2. The first-order valence-corrected chi connectivity index (χ1v) is 7.84. The number of fused-ring (bicyclic) bond motifs is 1. The summed E-state index contributed by atoms with van der Waals surface area (Å²) >= 11 is 0. The Kier molecular flexibility index (Phi) is 3.19. The van der Waals surface area contributed by atoms with Gasteiger partial charge in [0.2, 0.25) is 0 Å². The average molecular weight is 280 g/mol. The summed E-state index contributed by atoms with van der Waals surface area (Å²) in [4.78, 5) is 0. The number of benzene rings is 2. The van der Waals surface area contributed by atoms with E-state index in [1.165, 1.54) is 24.0 Å². The van der Waals surface area contributed by atoms with E-state index < -0.39 is 6.10 Å². The molecule has 0 aromatic heterocycles. The second-order valence-electron chi connectivity index (χ2n) is 6.18. The minimum absolute atomic E-state index is 0.219. The molecule has 2 aliphatic rings. The maximum Gasteiger partial charge on any atom is 0.119 e. The predicted octanol–water partition coefficient (Wildman–Crippen LogP) is 3.99. The van der Waals surface area contributed by atoms with Gasteiger partial charge in [0, 0.05) is 5.92 Å². The lowest BCUT2D eigenvalue weighted by Crippen LogP contribution is -2.08. The van der Waals surface area contributed by atoms with E-state index in [4.69, 9.17) is 4.74 Å². The van der Waals surface area contributed by atoms with Crippen LogP contribution in [0.3, 0.4) is 0 Å². The minimum Gasteiger partial charge on any atom is -0.490 e. The van der Waals surface area contributed by atoms with Gasteiger partial charge in [-0.15, -0.1) is 0 Å². The molecular weight excluding hydrogens is 260 g/mol. The molecule has 4 rings (SSSR count). The number of aliphatic hydroxyl groups is 1. The average Bonchev–Trinajstić information content (AvgIpc) is 3.23. The highest BCUT2D eigenvalue weighted by Gasteiger charge is 2.29. The molecule has 0 radical (unpaired) electrons. The Morgan fingerprint density at radius 2 is 1.71 bits per heavy atom. The van der Waals surface area contributed by atoms with E-state index in [0.29, 0.717) is 6.10 Å². The van der Waals surface area contributed by atoms with Crippen LogP contribution in [-0.4, -0.2) is 11.2 Å². The van der Waals surface area contributed by atoms with Crippen molar-refractivity contribution < 1.29 is 9.84 Å². The van der Waals surface area contributed by atoms with E-state index in [0.717, 1.165) is 24.2 Å². The fourth-order valence-corrected chi connectivity index (χ4v) is 3.27. The van der Waals surface area contributed by atoms with Crippen molar-refractivity contribution in [3.05, 3.63) is 65.2 Å². The Bertz CT molecular complexity index is 628. The van der Waals surface area contributed by atoms with E-state index in [2.05, 4.69) is 24.3 Å². The SMILES string of the molecule is OC(c1ccc(OC2CC2)cc1)C1CCc2ccccc21. The zero-order chi connectivity index (χ0) is 14.2. The highest BCUT2D eigenvalue weighted by atomic mass is 16.5. The summed E-state index contributed by atoms with van der Waals surface area (Å²) in [6.45, 7) is 0. The number of aryl methyl sites for hydroxylation is 1. The Morgan fingerprint density at radius 1 is 0.952 bits per heavy atom. The molecule has 2 atom stereocenters. The third-order valence-electron chi connectivity index (χ3n) is 4.61. The van der Waals surface area contributed by atoms with Crippen molar-refractivity contribution in [2.75, 3.05) is 0 Å². The fourth-order valence-electron chi connectivity index (χ4n) is 3.27. The molecule has 2 unspecified atom stereocenters. The van der Waals surface area contributed by atoms with Crippen LogP contribution in [0.5, 0.6) is 5.75 Å². The van der Waals surface area contributed by atoms with Crippen LogP contribution in [0.2, 0.25) is 0 Å². The van der Waals surface area contributed by atoms with Gasteiger partial charge in [-0.25, -0.2) is 0 Å². The second-order valence-corrected chi connectivity index (χ2v) is 6.18. The van der Waals surface area contributed by atoms with Gasteiger partial charge in [-0.1, -0.05) is 36.4 Å². The smallest absolute Gasteiger partial charge is 0.119 e. The summed E-state index contributed by atoms with van der Waals surface area (Å²) < 4.78 is 5.76. The van der Waals surface area contributed by atoms with Crippen molar-refractivity contribution in [1.29, 1.82) is 0 Å². The van der Waals surface area contributed by atoms with Crippen LogP contribution in [0.4, 0.5) is 0 Å². The van der Waals surface area contributed by atoms with Crippen molar-refractivity contribution in [2.45, 2.75) is 43.8 Å². The van der Waals surface area contributed by atoms with Crippen LogP contribution in [0.25, 0.3) is 0 Å². The monoisotopic (exact) mass is 280 g/mol. The minimum atomic E-state index is -0.427. The van der Waals surface area contributed by atoms with Crippen LogP contribution in [-0.2, 0) is 6.42 Å². The van der Waals surface area contributed by atoms with Crippen molar-refractivity contribution >= 4 is 0 Å². The third kappa shape index (κ3) is 2.56. The zero-order valence-electron chi connectivity index (χ0n) is 12.0. The molecule has 0 bridgehead atoms. The molecule has 21 heavy (non-hydrogen) atoms. The van der Waals surface area contributed by atoms with E-state index in [-0.39, 0.29) is 5.92 Å². The summed E-state index contributed by atoms with van der Waals surface area (Å²) in [7, 11) is 0. The van der Waals surface area contributed by atoms with Gasteiger partial charge in [-0.2, -0.15) is 0 Å². The first-order chi connectivity index (χ1) is 10.3. The van der Waals surface area contributed by atoms with Crippen LogP contribution in [0.1, 0.15) is 48.0 Å². The number of hydrogen-bond acceptors (Lipinski definition) is 2. The van der Waals surface area contributed by atoms with Crippen molar-refractivity contribution in [2.24, 2.45) is 0 Å². The maximum absolute atomic E-state index is 10.7. The van der Waals surface area contributed by atoms with Gasteiger partial charge in [0.15, 0.2) is 0 Å². The lowest BCUT2D eigenvalue weighted by Gasteiger charge is -2.20. The van der Waals surface area contributed by atoms with E-state index in [1.54, 1.807) is 0 Å². The third-order valence-corrected chi connectivity index (χ3v) is 4.61.